The van der Waals surface area contributed by atoms with Gasteiger partial charge in [-0.25, -0.2) is 4.79 Å². The van der Waals surface area contributed by atoms with Crippen LogP contribution in [0.1, 0.15) is 34.1 Å². The van der Waals surface area contributed by atoms with E-state index in [1.54, 1.807) is 23.6 Å². The number of amides is 1. The number of fused-ring (bicyclic) bond motifs is 4. The highest BCUT2D eigenvalue weighted by atomic mass is 32.2. The summed E-state index contributed by atoms with van der Waals surface area (Å²) in [7, 11) is 3.00. The number of anilines is 1. The van der Waals surface area contributed by atoms with Crippen molar-refractivity contribution in [3.8, 4) is 0 Å². The summed E-state index contributed by atoms with van der Waals surface area (Å²) in [6.07, 6.45) is 2.71. The fourth-order valence-electron chi connectivity index (χ4n) is 4.35. The fourth-order valence-corrected chi connectivity index (χ4v) is 6.51. The summed E-state index contributed by atoms with van der Waals surface area (Å²) >= 11 is 2.67. The number of carbonyl (C=O) groups is 2. The summed E-state index contributed by atoms with van der Waals surface area (Å²) < 4.78 is 8.22. The third-order valence-electron chi connectivity index (χ3n) is 6.08. The van der Waals surface area contributed by atoms with Gasteiger partial charge >= 0.3 is 5.97 Å². The van der Waals surface area contributed by atoms with Crippen molar-refractivity contribution in [2.75, 3.05) is 18.2 Å². The number of thioether (sulfide) groups is 1. The molecule has 1 atom stereocenters. The van der Waals surface area contributed by atoms with Crippen LogP contribution in [0.2, 0.25) is 0 Å². The van der Waals surface area contributed by atoms with Gasteiger partial charge in [0.25, 0.3) is 5.56 Å². The Hall–Kier alpha value is -3.18. The van der Waals surface area contributed by atoms with Crippen molar-refractivity contribution in [2.24, 2.45) is 13.0 Å². The Bertz CT molecular complexity index is 1500. The highest BCUT2D eigenvalue weighted by molar-refractivity contribution is 7.99. The Morgan fingerprint density at radius 1 is 1.29 bits per heavy atom. The van der Waals surface area contributed by atoms with E-state index in [0.29, 0.717) is 38.3 Å². The van der Waals surface area contributed by atoms with Crippen LogP contribution < -0.4 is 10.9 Å². The maximum absolute atomic E-state index is 12.9. The van der Waals surface area contributed by atoms with Gasteiger partial charge in [0.05, 0.1) is 29.3 Å². The topological polar surface area (TPSA) is 108 Å². The molecule has 0 fully saturated rings. The van der Waals surface area contributed by atoms with Crippen LogP contribution in [0, 0.1) is 5.92 Å². The fraction of sp³-hybridized carbons (Fsp3) is 0.348. The maximum Gasteiger partial charge on any atom is 0.341 e. The van der Waals surface area contributed by atoms with Crippen LogP contribution in [0.3, 0.4) is 0 Å². The molecule has 1 unspecified atom stereocenters. The number of methoxy groups -OCH3 is 1. The molecule has 11 heteroatoms. The molecule has 4 aromatic rings. The van der Waals surface area contributed by atoms with E-state index in [2.05, 4.69) is 22.4 Å². The molecule has 0 bridgehead atoms. The quantitative estimate of drug-likeness (QED) is 0.333. The molecule has 3 aromatic heterocycles. The molecule has 3 heterocycles. The maximum atomic E-state index is 12.9. The molecule has 1 aromatic carbocycles. The van der Waals surface area contributed by atoms with Gasteiger partial charge in [-0.2, -0.15) is 0 Å². The molecule has 1 amide bonds. The van der Waals surface area contributed by atoms with Gasteiger partial charge in [-0.05, 0) is 42.9 Å². The summed E-state index contributed by atoms with van der Waals surface area (Å²) in [4.78, 5) is 39.1. The molecule has 34 heavy (non-hydrogen) atoms. The lowest BCUT2D eigenvalue weighted by atomic mass is 9.88. The van der Waals surface area contributed by atoms with Crippen LogP contribution in [0.4, 0.5) is 5.00 Å². The number of benzene rings is 1. The normalized spacial score (nSPS) is 15.4. The van der Waals surface area contributed by atoms with Crippen molar-refractivity contribution in [2.45, 2.75) is 31.3 Å². The predicted molar refractivity (Wildman–Crippen MR) is 132 cm³/mol. The molecule has 1 N–H and O–H groups in total. The summed E-state index contributed by atoms with van der Waals surface area (Å²) in [5.74, 6) is 0.332. The Kier molecular flexibility index (Phi) is 5.90. The van der Waals surface area contributed by atoms with E-state index >= 15 is 0 Å². The van der Waals surface area contributed by atoms with Gasteiger partial charge in [0.2, 0.25) is 11.7 Å². The molecule has 9 nitrogen and oxygen atoms in total. The first-order chi connectivity index (χ1) is 16.4. The molecule has 0 spiro atoms. The number of ether oxygens (including phenoxy) is 1. The average molecular weight is 498 g/mol. The number of esters is 1. The SMILES string of the molecule is COC(=O)c1c(NC(=O)CSc2nnc3n(C)c(=O)c4ccccc4n23)sc2c1CCC(C)C2. The number of hydrogen-bond donors (Lipinski definition) is 1. The Morgan fingerprint density at radius 3 is 2.88 bits per heavy atom. The van der Waals surface area contributed by atoms with Crippen molar-refractivity contribution in [3.63, 3.8) is 0 Å². The molecule has 0 saturated heterocycles. The van der Waals surface area contributed by atoms with Crippen molar-refractivity contribution in [3.05, 3.63) is 50.6 Å². The Balaban J connectivity index is 1.41. The number of nitrogens with one attached hydrogen (secondary N) is 1. The van der Waals surface area contributed by atoms with E-state index in [0.717, 1.165) is 29.7 Å². The van der Waals surface area contributed by atoms with Crippen LogP contribution in [-0.4, -0.2) is 43.9 Å². The molecule has 176 valence electrons. The van der Waals surface area contributed by atoms with Crippen LogP contribution in [-0.2, 0) is 29.4 Å². The predicted octanol–water partition coefficient (Wildman–Crippen LogP) is 3.28. The summed E-state index contributed by atoms with van der Waals surface area (Å²) in [6, 6.07) is 7.24. The van der Waals surface area contributed by atoms with Crippen LogP contribution in [0.15, 0.2) is 34.2 Å². The molecule has 0 saturated carbocycles. The number of aryl methyl sites for hydroxylation is 1. The molecular weight excluding hydrogens is 474 g/mol. The molecule has 1 aliphatic carbocycles. The Morgan fingerprint density at radius 2 is 2.09 bits per heavy atom. The number of aromatic nitrogens is 4. The zero-order valence-electron chi connectivity index (χ0n) is 19.0. The van der Waals surface area contributed by atoms with E-state index in [1.165, 1.54) is 34.8 Å². The van der Waals surface area contributed by atoms with Gasteiger partial charge in [0.1, 0.15) is 5.00 Å². The van der Waals surface area contributed by atoms with Gasteiger partial charge in [0.15, 0.2) is 5.16 Å². The first-order valence-corrected chi connectivity index (χ1v) is 12.7. The van der Waals surface area contributed by atoms with E-state index in [1.807, 2.05) is 12.1 Å². The zero-order chi connectivity index (χ0) is 24.0. The summed E-state index contributed by atoms with van der Waals surface area (Å²) in [6.45, 7) is 2.19. The molecule has 5 rings (SSSR count). The minimum Gasteiger partial charge on any atom is -0.465 e. The van der Waals surface area contributed by atoms with Crippen LogP contribution >= 0.6 is 23.1 Å². The van der Waals surface area contributed by atoms with Crippen molar-refractivity contribution in [1.82, 2.24) is 19.2 Å². The minimum absolute atomic E-state index is 0.0670. The number of thiophene rings is 1. The molecule has 0 aliphatic heterocycles. The zero-order valence-corrected chi connectivity index (χ0v) is 20.6. The molecular formula is C23H23N5O4S2. The third-order valence-corrected chi connectivity index (χ3v) is 8.18. The average Bonchev–Trinajstić information content (AvgIpc) is 3.41. The second kappa shape index (κ2) is 8.88. The van der Waals surface area contributed by atoms with E-state index in [4.69, 9.17) is 4.74 Å². The lowest BCUT2D eigenvalue weighted by Gasteiger charge is -2.18. The van der Waals surface area contributed by atoms with Crippen molar-refractivity contribution in [1.29, 1.82) is 0 Å². The van der Waals surface area contributed by atoms with Gasteiger partial charge in [-0.1, -0.05) is 30.8 Å². The van der Waals surface area contributed by atoms with Crippen LogP contribution in [0.5, 0.6) is 0 Å². The largest absolute Gasteiger partial charge is 0.465 e. The van der Waals surface area contributed by atoms with Gasteiger partial charge in [-0.15, -0.1) is 21.5 Å². The molecule has 0 radical (unpaired) electrons. The van der Waals surface area contributed by atoms with Gasteiger partial charge in [0, 0.05) is 11.9 Å². The smallest absolute Gasteiger partial charge is 0.341 e. The summed E-state index contributed by atoms with van der Waals surface area (Å²) in [5, 5.41) is 12.9. The van der Waals surface area contributed by atoms with E-state index < -0.39 is 5.97 Å². The van der Waals surface area contributed by atoms with E-state index in [-0.39, 0.29) is 17.2 Å². The number of hydrogen-bond acceptors (Lipinski definition) is 8. The number of para-hydroxylation sites is 1. The third kappa shape index (κ3) is 3.78. The van der Waals surface area contributed by atoms with Crippen LogP contribution in [0.25, 0.3) is 16.7 Å². The number of nitrogens with zero attached hydrogens (tertiary/aromatic N) is 4. The lowest BCUT2D eigenvalue weighted by Crippen LogP contribution is -2.20. The van der Waals surface area contributed by atoms with Crippen molar-refractivity contribution < 1.29 is 14.3 Å². The monoisotopic (exact) mass is 497 g/mol. The first-order valence-electron chi connectivity index (χ1n) is 10.9. The second-order valence-corrected chi connectivity index (χ2v) is 10.4. The van der Waals surface area contributed by atoms with Gasteiger partial charge < -0.3 is 10.1 Å². The summed E-state index contributed by atoms with van der Waals surface area (Å²) in [5.41, 5.74) is 1.99. The lowest BCUT2D eigenvalue weighted by molar-refractivity contribution is -0.113. The first kappa shape index (κ1) is 22.6. The highest BCUT2D eigenvalue weighted by Crippen LogP contribution is 2.40. The van der Waals surface area contributed by atoms with Crippen molar-refractivity contribution >= 4 is 56.7 Å². The standard InChI is InChI=1S/C23H23N5O4S2/c1-12-8-9-14-16(10-12)34-19(18(14)21(31)32-3)24-17(29)11-33-23-26-25-22-27(2)20(30)13-6-4-5-7-15(13)28(22)23/h4-7,12H,8-11H2,1-3H3,(H,24,29). The Labute approximate surface area is 203 Å². The van der Waals surface area contributed by atoms with E-state index in [9.17, 15) is 14.4 Å². The second-order valence-electron chi connectivity index (χ2n) is 8.38. The number of rotatable bonds is 5. The highest BCUT2D eigenvalue weighted by Gasteiger charge is 2.29. The number of carbonyl (C=O) groups excluding carboxylic acids is 2. The minimum atomic E-state index is -0.425. The van der Waals surface area contributed by atoms with Gasteiger partial charge in [-0.3, -0.25) is 18.6 Å². The molecule has 1 aliphatic rings.